The van der Waals surface area contributed by atoms with E-state index in [-0.39, 0.29) is 11.5 Å². The van der Waals surface area contributed by atoms with Crippen LogP contribution in [-0.4, -0.2) is 15.0 Å². The summed E-state index contributed by atoms with van der Waals surface area (Å²) in [6, 6.07) is 4.52. The molecule has 0 amide bonds. The Morgan fingerprint density at radius 2 is 2.00 bits per heavy atom. The fourth-order valence-corrected chi connectivity index (χ4v) is 3.36. The van der Waals surface area contributed by atoms with Crippen molar-refractivity contribution in [3.05, 3.63) is 40.2 Å². The van der Waals surface area contributed by atoms with Gasteiger partial charge in [0.15, 0.2) is 0 Å². The average Bonchev–Trinajstić information content (AvgIpc) is 2.75. The van der Waals surface area contributed by atoms with Gasteiger partial charge in [0.2, 0.25) is 11.9 Å². The van der Waals surface area contributed by atoms with Gasteiger partial charge >= 0.3 is 0 Å². The normalized spacial score (nSPS) is 20.0. The van der Waals surface area contributed by atoms with Crippen molar-refractivity contribution in [1.82, 2.24) is 15.0 Å². The third kappa shape index (κ3) is 2.51. The van der Waals surface area contributed by atoms with Gasteiger partial charge in [-0.25, -0.2) is 0 Å². The maximum Gasteiger partial charge on any atom is 0.228 e. The summed E-state index contributed by atoms with van der Waals surface area (Å²) < 4.78 is 0. The molecular formula is C17H23N5. The van der Waals surface area contributed by atoms with Crippen LogP contribution in [0.15, 0.2) is 12.1 Å². The van der Waals surface area contributed by atoms with Crippen LogP contribution in [0.2, 0.25) is 0 Å². The topological polar surface area (TPSA) is 76.7 Å². The monoisotopic (exact) mass is 297 g/mol. The number of aromatic nitrogens is 3. The van der Waals surface area contributed by atoms with Crippen LogP contribution in [-0.2, 0) is 18.4 Å². The fraction of sp³-hybridized carbons (Fsp3) is 0.471. The molecule has 5 nitrogen and oxygen atoms in total. The van der Waals surface area contributed by atoms with Crippen LogP contribution in [0, 0.1) is 13.8 Å². The number of nitrogens with one attached hydrogen (secondary N) is 1. The molecule has 0 radical (unpaired) electrons. The van der Waals surface area contributed by atoms with E-state index in [0.29, 0.717) is 5.95 Å². The number of hydrogen-bond donors (Lipinski definition) is 2. The molecule has 1 aliphatic carbocycles. The summed E-state index contributed by atoms with van der Waals surface area (Å²) in [5, 5.41) is 3.50. The van der Waals surface area contributed by atoms with Gasteiger partial charge in [0, 0.05) is 6.42 Å². The molecule has 3 N–H and O–H groups in total. The van der Waals surface area contributed by atoms with Crippen molar-refractivity contribution in [3.8, 4) is 0 Å². The fourth-order valence-electron chi connectivity index (χ4n) is 3.36. The molecule has 2 aromatic rings. The Morgan fingerprint density at radius 1 is 1.23 bits per heavy atom. The quantitative estimate of drug-likeness (QED) is 0.911. The number of nitrogen functional groups attached to an aromatic ring is 1. The van der Waals surface area contributed by atoms with Crippen LogP contribution < -0.4 is 11.1 Å². The highest BCUT2D eigenvalue weighted by molar-refractivity contribution is 5.50. The zero-order chi connectivity index (χ0) is 15.9. The predicted molar refractivity (Wildman–Crippen MR) is 88.8 cm³/mol. The van der Waals surface area contributed by atoms with Gasteiger partial charge in [-0.1, -0.05) is 24.6 Å². The van der Waals surface area contributed by atoms with E-state index < -0.39 is 0 Å². The van der Waals surface area contributed by atoms with Gasteiger partial charge in [-0.15, -0.1) is 0 Å². The Balaban J connectivity index is 1.99. The molecule has 0 fully saturated rings. The van der Waals surface area contributed by atoms with Crippen molar-refractivity contribution >= 4 is 11.9 Å². The molecule has 1 aromatic carbocycles. The second kappa shape index (κ2) is 5.23. The lowest BCUT2D eigenvalue weighted by molar-refractivity contribution is 0.533. The summed E-state index contributed by atoms with van der Waals surface area (Å²) in [6.45, 7) is 8.55. The summed E-state index contributed by atoms with van der Waals surface area (Å²) >= 11 is 0. The van der Waals surface area contributed by atoms with E-state index in [1.54, 1.807) is 0 Å². The Labute approximate surface area is 131 Å². The molecule has 0 spiro atoms. The first-order chi connectivity index (χ1) is 10.4. The molecule has 0 saturated carbocycles. The van der Waals surface area contributed by atoms with Crippen molar-refractivity contribution < 1.29 is 0 Å². The number of benzene rings is 1. The number of nitrogens with two attached hydrogens (primary N) is 1. The molecule has 22 heavy (non-hydrogen) atoms. The van der Waals surface area contributed by atoms with Gasteiger partial charge in [0.05, 0.1) is 5.54 Å². The third-order valence-electron chi connectivity index (χ3n) is 4.49. The summed E-state index contributed by atoms with van der Waals surface area (Å²) in [7, 11) is 0. The molecule has 1 aromatic heterocycles. The van der Waals surface area contributed by atoms with E-state index in [1.807, 2.05) is 6.92 Å². The van der Waals surface area contributed by atoms with Gasteiger partial charge in [0.1, 0.15) is 5.82 Å². The number of aryl methyl sites for hydroxylation is 3. The van der Waals surface area contributed by atoms with E-state index in [1.165, 1.54) is 22.3 Å². The molecule has 3 rings (SSSR count). The second-order valence-electron chi connectivity index (χ2n) is 6.35. The van der Waals surface area contributed by atoms with E-state index in [2.05, 4.69) is 53.2 Å². The molecule has 1 aliphatic rings. The molecule has 0 aliphatic heterocycles. The molecular weight excluding hydrogens is 274 g/mol. The number of fused-ring (bicyclic) bond motifs is 1. The molecule has 0 saturated heterocycles. The van der Waals surface area contributed by atoms with Crippen LogP contribution >= 0.6 is 0 Å². The van der Waals surface area contributed by atoms with E-state index in [0.717, 1.165) is 25.1 Å². The minimum atomic E-state index is -0.162. The number of rotatable bonds is 3. The van der Waals surface area contributed by atoms with Crippen LogP contribution in [0.4, 0.5) is 11.9 Å². The number of anilines is 2. The van der Waals surface area contributed by atoms with Crippen molar-refractivity contribution in [2.75, 3.05) is 11.1 Å². The minimum Gasteiger partial charge on any atom is -0.368 e. The first kappa shape index (κ1) is 14.8. The summed E-state index contributed by atoms with van der Waals surface area (Å²) in [5.41, 5.74) is 11.1. The zero-order valence-electron chi connectivity index (χ0n) is 13.7. The van der Waals surface area contributed by atoms with Gasteiger partial charge < -0.3 is 11.1 Å². The van der Waals surface area contributed by atoms with Crippen LogP contribution in [0.1, 0.15) is 48.3 Å². The van der Waals surface area contributed by atoms with E-state index in [4.69, 9.17) is 5.73 Å². The highest BCUT2D eigenvalue weighted by Crippen LogP contribution is 2.40. The zero-order valence-corrected chi connectivity index (χ0v) is 13.7. The summed E-state index contributed by atoms with van der Waals surface area (Å²) in [6.07, 6.45) is 2.85. The number of nitrogens with zero attached hydrogens (tertiary/aromatic N) is 3. The lowest BCUT2D eigenvalue weighted by atomic mass is 9.91. The average molecular weight is 297 g/mol. The molecule has 1 heterocycles. The maximum atomic E-state index is 5.79. The van der Waals surface area contributed by atoms with E-state index in [9.17, 15) is 0 Å². The Hall–Kier alpha value is -2.17. The highest BCUT2D eigenvalue weighted by atomic mass is 15.2. The van der Waals surface area contributed by atoms with Crippen molar-refractivity contribution in [2.45, 2.75) is 52.5 Å². The van der Waals surface area contributed by atoms with Crippen molar-refractivity contribution in [1.29, 1.82) is 0 Å². The molecule has 116 valence electrons. The lowest BCUT2D eigenvalue weighted by Crippen LogP contribution is -2.30. The minimum absolute atomic E-state index is 0.162. The summed E-state index contributed by atoms with van der Waals surface area (Å²) in [5.74, 6) is 1.56. The maximum absolute atomic E-state index is 5.79. The molecule has 0 bridgehead atoms. The SMILES string of the molecule is CCc1nc(N)nc(N[C@]2(C)CCc3c(C)cc(C)cc32)n1. The van der Waals surface area contributed by atoms with Gasteiger partial charge in [-0.2, -0.15) is 15.0 Å². The van der Waals surface area contributed by atoms with Crippen LogP contribution in [0.25, 0.3) is 0 Å². The van der Waals surface area contributed by atoms with Crippen LogP contribution in [0.3, 0.4) is 0 Å². The standard InChI is InChI=1S/C17H23N5/c1-5-14-19-15(18)21-16(20-14)22-17(4)7-6-12-11(3)8-10(2)9-13(12)17/h8-9H,5-7H2,1-4H3,(H3,18,19,20,21,22)/t17-/m1/s1. The Kier molecular flexibility index (Phi) is 3.51. The molecule has 1 atom stereocenters. The van der Waals surface area contributed by atoms with Crippen molar-refractivity contribution in [3.63, 3.8) is 0 Å². The predicted octanol–water partition coefficient (Wildman–Crippen LogP) is 2.91. The lowest BCUT2D eigenvalue weighted by Gasteiger charge is -2.28. The van der Waals surface area contributed by atoms with Gasteiger partial charge in [-0.3, -0.25) is 0 Å². The van der Waals surface area contributed by atoms with Gasteiger partial charge in [0.25, 0.3) is 0 Å². The van der Waals surface area contributed by atoms with Crippen LogP contribution in [0.5, 0.6) is 0 Å². The smallest absolute Gasteiger partial charge is 0.228 e. The van der Waals surface area contributed by atoms with Crippen molar-refractivity contribution in [2.24, 2.45) is 0 Å². The molecule has 5 heteroatoms. The Morgan fingerprint density at radius 3 is 2.73 bits per heavy atom. The second-order valence-corrected chi connectivity index (χ2v) is 6.35. The first-order valence-corrected chi connectivity index (χ1v) is 7.80. The largest absolute Gasteiger partial charge is 0.368 e. The summed E-state index contributed by atoms with van der Waals surface area (Å²) in [4.78, 5) is 12.9. The van der Waals surface area contributed by atoms with E-state index >= 15 is 0 Å². The first-order valence-electron chi connectivity index (χ1n) is 7.80. The highest BCUT2D eigenvalue weighted by Gasteiger charge is 2.36. The van der Waals surface area contributed by atoms with Gasteiger partial charge in [-0.05, 0) is 50.3 Å². The number of hydrogen-bond acceptors (Lipinski definition) is 5. The Bertz CT molecular complexity index is 725. The molecule has 0 unspecified atom stereocenters. The third-order valence-corrected chi connectivity index (χ3v) is 4.49.